The molecule has 32 heavy (non-hydrogen) atoms. The largest absolute Gasteiger partial charge is 0.505 e. The van der Waals surface area contributed by atoms with Gasteiger partial charge in [-0.25, -0.2) is 4.98 Å². The molecule has 0 aliphatic heterocycles. The van der Waals surface area contributed by atoms with Crippen LogP contribution in [0.3, 0.4) is 0 Å². The van der Waals surface area contributed by atoms with Crippen molar-refractivity contribution in [2.75, 3.05) is 0 Å². The third kappa shape index (κ3) is 4.77. The first kappa shape index (κ1) is 21.9. The van der Waals surface area contributed by atoms with E-state index in [0.29, 0.717) is 11.3 Å². The minimum atomic E-state index is -0.147. The molecular formula is C26H21Cl2N3O. The predicted octanol–water partition coefficient (Wildman–Crippen LogP) is 5.18. The minimum Gasteiger partial charge on any atom is -0.505 e. The topological polar surface area (TPSA) is 57.5 Å². The van der Waals surface area contributed by atoms with Crippen LogP contribution in [0.15, 0.2) is 66.3 Å². The molecule has 0 atom stereocenters. The van der Waals surface area contributed by atoms with Crippen LogP contribution in [0.4, 0.5) is 0 Å². The number of phenolic OH excluding ortho intramolecular Hbond substituents is 1. The van der Waals surface area contributed by atoms with Crippen LogP contribution in [0.2, 0.25) is 10.0 Å². The number of nitrogens with one attached hydrogen (secondary N) is 1. The summed E-state index contributed by atoms with van der Waals surface area (Å²) in [6, 6.07) is 13.5. The molecule has 2 N–H and O–H groups in total. The van der Waals surface area contributed by atoms with Crippen LogP contribution in [-0.2, 0) is 0 Å². The lowest BCUT2D eigenvalue weighted by atomic mass is 10.0. The number of halogens is 2. The predicted molar refractivity (Wildman–Crippen MR) is 134 cm³/mol. The number of hydrogen-bond acceptors (Lipinski definition) is 4. The number of allylic oxidation sites excluding steroid dienone is 2. The Hall–Kier alpha value is -3.34. The van der Waals surface area contributed by atoms with Gasteiger partial charge in [0.1, 0.15) is 0 Å². The highest BCUT2D eigenvalue weighted by Crippen LogP contribution is 2.32. The van der Waals surface area contributed by atoms with Crippen LogP contribution in [0.25, 0.3) is 29.1 Å². The van der Waals surface area contributed by atoms with Crippen LogP contribution in [0, 0.1) is 6.92 Å². The van der Waals surface area contributed by atoms with Crippen LogP contribution >= 0.6 is 23.2 Å². The molecule has 1 aliphatic carbocycles. The fourth-order valence-electron chi connectivity index (χ4n) is 3.37. The maximum absolute atomic E-state index is 9.71. The number of pyridine rings is 1. The van der Waals surface area contributed by atoms with E-state index in [0.717, 1.165) is 33.8 Å². The van der Waals surface area contributed by atoms with E-state index in [4.69, 9.17) is 28.2 Å². The molecule has 0 unspecified atom stereocenters. The minimum absolute atomic E-state index is 0.147. The van der Waals surface area contributed by atoms with Crippen molar-refractivity contribution in [2.45, 2.75) is 13.3 Å². The number of aryl methyl sites for hydroxylation is 1. The zero-order valence-corrected chi connectivity index (χ0v) is 19.0. The van der Waals surface area contributed by atoms with E-state index in [2.05, 4.69) is 60.4 Å². The molecule has 3 aromatic rings. The summed E-state index contributed by atoms with van der Waals surface area (Å²) >= 11 is 12.0. The monoisotopic (exact) mass is 461 g/mol. The van der Waals surface area contributed by atoms with E-state index < -0.39 is 0 Å². The van der Waals surface area contributed by atoms with Crippen molar-refractivity contribution in [3.63, 3.8) is 0 Å². The average molecular weight is 462 g/mol. The van der Waals surface area contributed by atoms with Gasteiger partial charge in [0.15, 0.2) is 5.75 Å². The molecule has 1 heterocycles. The van der Waals surface area contributed by atoms with E-state index >= 15 is 0 Å². The average Bonchev–Trinajstić information content (AvgIpc) is 3.02. The molecule has 0 saturated heterocycles. The van der Waals surface area contributed by atoms with Crippen LogP contribution < -0.4 is 16.0 Å². The van der Waals surface area contributed by atoms with Crippen LogP contribution in [0.1, 0.15) is 23.1 Å². The van der Waals surface area contributed by atoms with Gasteiger partial charge in [-0.2, -0.15) is 5.10 Å². The number of rotatable bonds is 5. The molecule has 1 aromatic heterocycles. The Bertz CT molecular complexity index is 1350. The highest BCUT2D eigenvalue weighted by Gasteiger charge is 2.09. The molecule has 0 fully saturated rings. The van der Waals surface area contributed by atoms with Gasteiger partial charge in [0.2, 0.25) is 0 Å². The highest BCUT2D eigenvalue weighted by molar-refractivity contribution is 6.37. The molecule has 2 aromatic carbocycles. The summed E-state index contributed by atoms with van der Waals surface area (Å²) in [7, 11) is 0. The number of phenols is 1. The maximum atomic E-state index is 9.71. The van der Waals surface area contributed by atoms with Crippen LogP contribution in [0.5, 0.6) is 5.75 Å². The lowest BCUT2D eigenvalue weighted by molar-refractivity contribution is 0.476. The maximum Gasteiger partial charge on any atom is 0.152 e. The van der Waals surface area contributed by atoms with Crippen molar-refractivity contribution in [1.82, 2.24) is 10.4 Å². The Morgan fingerprint density at radius 1 is 1.16 bits per heavy atom. The van der Waals surface area contributed by atoms with E-state index in [-0.39, 0.29) is 15.8 Å². The lowest BCUT2D eigenvalue weighted by Crippen LogP contribution is -2.32. The van der Waals surface area contributed by atoms with E-state index in [1.54, 1.807) is 18.3 Å². The van der Waals surface area contributed by atoms with Crippen molar-refractivity contribution in [3.05, 3.63) is 98.5 Å². The fourth-order valence-corrected chi connectivity index (χ4v) is 3.87. The number of hydrogen-bond donors (Lipinski definition) is 2. The SMILES string of the molecule is C=C(N/N=C/c1cc(Cl)c(O)c(Cl)c1)c1cc(-c2ccc(C)cc2)nc2c1=CCC=CC=2. The molecular weight excluding hydrogens is 441 g/mol. The summed E-state index contributed by atoms with van der Waals surface area (Å²) < 4.78 is 0. The van der Waals surface area contributed by atoms with E-state index in [9.17, 15) is 5.11 Å². The first-order valence-corrected chi connectivity index (χ1v) is 10.8. The Morgan fingerprint density at radius 3 is 2.59 bits per heavy atom. The summed E-state index contributed by atoms with van der Waals surface area (Å²) in [6.07, 6.45) is 10.6. The third-order valence-electron chi connectivity index (χ3n) is 5.06. The smallest absolute Gasteiger partial charge is 0.152 e. The van der Waals surface area contributed by atoms with Gasteiger partial charge in [0.05, 0.1) is 33.0 Å². The van der Waals surface area contributed by atoms with Crippen molar-refractivity contribution >= 4 is 47.3 Å². The van der Waals surface area contributed by atoms with Gasteiger partial charge in [-0.3, -0.25) is 5.43 Å². The number of aromatic nitrogens is 1. The lowest BCUT2D eigenvalue weighted by Gasteiger charge is -2.10. The van der Waals surface area contributed by atoms with E-state index in [1.807, 2.05) is 18.2 Å². The number of benzene rings is 2. The molecule has 0 spiro atoms. The van der Waals surface area contributed by atoms with Crippen molar-refractivity contribution in [1.29, 1.82) is 0 Å². The number of fused-ring (bicyclic) bond motifs is 1. The second-order valence-electron chi connectivity index (χ2n) is 7.44. The summed E-state index contributed by atoms with van der Waals surface area (Å²) in [5.41, 5.74) is 8.30. The molecule has 4 nitrogen and oxygen atoms in total. The van der Waals surface area contributed by atoms with Gasteiger partial charge < -0.3 is 5.11 Å². The summed E-state index contributed by atoms with van der Waals surface area (Å²) in [5.74, 6) is -0.147. The zero-order chi connectivity index (χ0) is 22.7. The number of nitrogens with zero attached hydrogens (tertiary/aromatic N) is 2. The molecule has 0 saturated carbocycles. The van der Waals surface area contributed by atoms with Crippen molar-refractivity contribution in [2.24, 2.45) is 5.10 Å². The summed E-state index contributed by atoms with van der Waals surface area (Å²) in [6.45, 7) is 6.25. The van der Waals surface area contributed by atoms with Crippen LogP contribution in [-0.4, -0.2) is 16.3 Å². The van der Waals surface area contributed by atoms with E-state index in [1.165, 1.54) is 5.56 Å². The first-order valence-electron chi connectivity index (χ1n) is 10.0. The van der Waals surface area contributed by atoms with Crippen molar-refractivity contribution in [3.8, 4) is 17.0 Å². The molecule has 1 aliphatic rings. The number of hydrazone groups is 1. The molecule has 160 valence electrons. The Kier molecular flexibility index (Phi) is 6.45. The molecule has 0 radical (unpaired) electrons. The number of aromatic hydroxyl groups is 1. The fraction of sp³-hybridized carbons (Fsp3) is 0.0769. The zero-order valence-electron chi connectivity index (χ0n) is 17.4. The first-order chi connectivity index (χ1) is 15.4. The van der Waals surface area contributed by atoms with Gasteiger partial charge in [-0.15, -0.1) is 0 Å². The highest BCUT2D eigenvalue weighted by atomic mass is 35.5. The van der Waals surface area contributed by atoms with Gasteiger partial charge in [-0.05, 0) is 43.2 Å². The standard InChI is InChI=1S/C26H21Cl2N3O/c1-16-8-10-19(11-9-16)25-14-21(20-6-4-3-5-7-24(20)30-25)17(2)31-29-15-18-12-22(27)26(32)23(28)13-18/h3,5-15,31-32H,2,4H2,1H3/b29-15+. The van der Waals surface area contributed by atoms with Gasteiger partial charge >= 0.3 is 0 Å². The summed E-state index contributed by atoms with van der Waals surface area (Å²) in [4.78, 5) is 4.87. The second kappa shape index (κ2) is 9.43. The Balaban J connectivity index is 1.69. The van der Waals surface area contributed by atoms with Gasteiger partial charge in [-0.1, -0.05) is 77.8 Å². The van der Waals surface area contributed by atoms with Gasteiger partial charge in [0, 0.05) is 16.3 Å². The summed E-state index contributed by atoms with van der Waals surface area (Å²) in [5, 5.41) is 16.2. The quantitative estimate of drug-likeness (QED) is 0.406. The van der Waals surface area contributed by atoms with Crippen molar-refractivity contribution < 1.29 is 5.11 Å². The molecule has 4 rings (SSSR count). The normalized spacial score (nSPS) is 12.6. The molecule has 6 heteroatoms. The molecule has 0 bridgehead atoms. The molecule has 0 amide bonds. The third-order valence-corrected chi connectivity index (χ3v) is 5.64. The van der Waals surface area contributed by atoms with Gasteiger partial charge in [0.25, 0.3) is 0 Å². The second-order valence-corrected chi connectivity index (χ2v) is 8.25. The Labute approximate surface area is 196 Å². The Morgan fingerprint density at radius 2 is 1.88 bits per heavy atom.